The molecular formula is C15H22N2O2. The van der Waals surface area contributed by atoms with Crippen LogP contribution in [0.2, 0.25) is 0 Å². The summed E-state index contributed by atoms with van der Waals surface area (Å²) in [5.41, 5.74) is 7.39. The highest BCUT2D eigenvalue weighted by molar-refractivity contribution is 5.94. The van der Waals surface area contributed by atoms with Crippen LogP contribution in [-0.2, 0) is 6.42 Å². The molecule has 1 aromatic carbocycles. The third kappa shape index (κ3) is 3.47. The van der Waals surface area contributed by atoms with Gasteiger partial charge in [-0.3, -0.25) is 4.79 Å². The number of aryl methyl sites for hydroxylation is 1. The first kappa shape index (κ1) is 13.9. The van der Waals surface area contributed by atoms with Gasteiger partial charge in [0.2, 0.25) is 0 Å². The van der Waals surface area contributed by atoms with Crippen molar-refractivity contribution in [2.45, 2.75) is 26.7 Å². The van der Waals surface area contributed by atoms with Gasteiger partial charge in [-0.25, -0.2) is 0 Å². The second kappa shape index (κ2) is 5.61. The van der Waals surface area contributed by atoms with Gasteiger partial charge in [0.25, 0.3) is 5.91 Å². The van der Waals surface area contributed by atoms with Crippen molar-refractivity contribution >= 4 is 5.91 Å². The summed E-state index contributed by atoms with van der Waals surface area (Å²) in [7, 11) is 0. The maximum Gasteiger partial charge on any atom is 0.251 e. The average molecular weight is 262 g/mol. The third-order valence-corrected chi connectivity index (χ3v) is 3.45. The van der Waals surface area contributed by atoms with Crippen molar-refractivity contribution < 1.29 is 9.53 Å². The van der Waals surface area contributed by atoms with Crippen LogP contribution in [0.25, 0.3) is 0 Å². The Hall–Kier alpha value is -1.55. The fourth-order valence-electron chi connectivity index (χ4n) is 2.00. The van der Waals surface area contributed by atoms with E-state index in [0.29, 0.717) is 18.7 Å². The van der Waals surface area contributed by atoms with Crippen LogP contribution in [0.4, 0.5) is 0 Å². The molecule has 0 aliphatic carbocycles. The van der Waals surface area contributed by atoms with Crippen LogP contribution < -0.4 is 15.8 Å². The minimum Gasteiger partial charge on any atom is -0.493 e. The number of hydrogen-bond donors (Lipinski definition) is 2. The molecule has 0 unspecified atom stereocenters. The molecule has 19 heavy (non-hydrogen) atoms. The second-order valence-corrected chi connectivity index (χ2v) is 5.83. The van der Waals surface area contributed by atoms with Crippen LogP contribution in [0, 0.1) is 5.41 Å². The van der Waals surface area contributed by atoms with Crippen molar-refractivity contribution in [3.05, 3.63) is 29.3 Å². The fraction of sp³-hybridized carbons (Fsp3) is 0.533. The van der Waals surface area contributed by atoms with Gasteiger partial charge in [0.15, 0.2) is 0 Å². The van der Waals surface area contributed by atoms with E-state index in [1.807, 2.05) is 32.0 Å². The quantitative estimate of drug-likeness (QED) is 0.868. The first-order valence-corrected chi connectivity index (χ1v) is 6.76. The number of amides is 1. The lowest BCUT2D eigenvalue weighted by Gasteiger charge is -2.23. The van der Waals surface area contributed by atoms with Gasteiger partial charge >= 0.3 is 0 Å². The summed E-state index contributed by atoms with van der Waals surface area (Å²) in [6, 6.07) is 5.63. The van der Waals surface area contributed by atoms with E-state index in [4.69, 9.17) is 10.5 Å². The predicted molar refractivity (Wildman–Crippen MR) is 75.4 cm³/mol. The van der Waals surface area contributed by atoms with Gasteiger partial charge in [-0.15, -0.1) is 0 Å². The van der Waals surface area contributed by atoms with E-state index in [-0.39, 0.29) is 11.3 Å². The molecule has 1 aliphatic rings. The summed E-state index contributed by atoms with van der Waals surface area (Å²) < 4.78 is 5.54. The first-order valence-electron chi connectivity index (χ1n) is 6.76. The van der Waals surface area contributed by atoms with Crippen molar-refractivity contribution in [1.82, 2.24) is 5.32 Å². The van der Waals surface area contributed by atoms with E-state index >= 15 is 0 Å². The summed E-state index contributed by atoms with van der Waals surface area (Å²) in [5.74, 6) is 0.861. The Morgan fingerprint density at radius 3 is 3.00 bits per heavy atom. The van der Waals surface area contributed by atoms with Gasteiger partial charge in [0.1, 0.15) is 5.75 Å². The van der Waals surface area contributed by atoms with Crippen LogP contribution in [0.15, 0.2) is 18.2 Å². The molecule has 1 aliphatic heterocycles. The average Bonchev–Trinajstić information content (AvgIpc) is 2.44. The van der Waals surface area contributed by atoms with Crippen molar-refractivity contribution in [2.75, 3.05) is 19.7 Å². The lowest BCUT2D eigenvalue weighted by Crippen LogP contribution is -2.38. The summed E-state index contributed by atoms with van der Waals surface area (Å²) in [6.07, 6.45) is 1.99. The molecule has 0 atom stereocenters. The smallest absolute Gasteiger partial charge is 0.251 e. The summed E-state index contributed by atoms with van der Waals surface area (Å²) in [4.78, 5) is 12.1. The minimum absolute atomic E-state index is 0.0464. The van der Waals surface area contributed by atoms with Crippen LogP contribution in [-0.4, -0.2) is 25.6 Å². The molecule has 1 aromatic rings. The van der Waals surface area contributed by atoms with Crippen molar-refractivity contribution in [2.24, 2.45) is 11.1 Å². The molecule has 0 saturated carbocycles. The number of carbonyl (C=O) groups excluding carboxylic acids is 1. The third-order valence-electron chi connectivity index (χ3n) is 3.45. The molecule has 0 bridgehead atoms. The number of hydrogen-bond acceptors (Lipinski definition) is 3. The van der Waals surface area contributed by atoms with Gasteiger partial charge in [-0.1, -0.05) is 13.8 Å². The van der Waals surface area contributed by atoms with E-state index in [2.05, 4.69) is 5.32 Å². The molecule has 0 radical (unpaired) electrons. The van der Waals surface area contributed by atoms with Gasteiger partial charge in [-0.05, 0) is 48.6 Å². The van der Waals surface area contributed by atoms with E-state index in [1.54, 1.807) is 0 Å². The predicted octanol–water partition coefficient (Wildman–Crippen LogP) is 1.73. The lowest BCUT2D eigenvalue weighted by atomic mass is 9.94. The van der Waals surface area contributed by atoms with Crippen molar-refractivity contribution in [3.63, 3.8) is 0 Å². The largest absolute Gasteiger partial charge is 0.493 e. The lowest BCUT2D eigenvalue weighted by molar-refractivity contribution is 0.0937. The van der Waals surface area contributed by atoms with Crippen LogP contribution >= 0.6 is 0 Å². The van der Waals surface area contributed by atoms with E-state index in [0.717, 1.165) is 30.8 Å². The Kier molecular flexibility index (Phi) is 4.10. The maximum absolute atomic E-state index is 12.1. The van der Waals surface area contributed by atoms with E-state index < -0.39 is 0 Å². The molecule has 0 aromatic heterocycles. The fourth-order valence-corrected chi connectivity index (χ4v) is 2.00. The number of ether oxygens (including phenoxy) is 1. The monoisotopic (exact) mass is 262 g/mol. The molecule has 104 valence electrons. The minimum atomic E-state index is -0.0764. The van der Waals surface area contributed by atoms with Crippen LogP contribution in [0.3, 0.4) is 0 Å². The molecule has 3 N–H and O–H groups in total. The molecular weight excluding hydrogens is 240 g/mol. The maximum atomic E-state index is 12.1. The first-order chi connectivity index (χ1) is 9.02. The van der Waals surface area contributed by atoms with Crippen molar-refractivity contribution in [3.8, 4) is 5.75 Å². The van der Waals surface area contributed by atoms with Gasteiger partial charge in [0, 0.05) is 12.1 Å². The highest BCUT2D eigenvalue weighted by Crippen LogP contribution is 2.25. The normalized spacial score (nSPS) is 14.5. The van der Waals surface area contributed by atoms with Gasteiger partial charge < -0.3 is 15.8 Å². The number of rotatable bonds is 4. The molecule has 1 heterocycles. The molecule has 4 nitrogen and oxygen atoms in total. The molecule has 0 spiro atoms. The molecule has 1 amide bonds. The number of nitrogens with one attached hydrogen (secondary N) is 1. The standard InChI is InChI=1S/C15H22N2O2/c1-15(2,9-16)10-17-14(18)12-5-6-13-11(8-12)4-3-7-19-13/h5-6,8H,3-4,7,9-10,16H2,1-2H3,(H,17,18). The molecule has 2 rings (SSSR count). The highest BCUT2D eigenvalue weighted by atomic mass is 16.5. The van der Waals surface area contributed by atoms with Gasteiger partial charge in [-0.2, -0.15) is 0 Å². The topological polar surface area (TPSA) is 64.3 Å². The Morgan fingerprint density at radius 2 is 2.26 bits per heavy atom. The Labute approximate surface area is 114 Å². The number of carbonyl (C=O) groups is 1. The highest BCUT2D eigenvalue weighted by Gasteiger charge is 2.18. The number of benzene rings is 1. The Balaban J connectivity index is 2.03. The van der Waals surface area contributed by atoms with E-state index in [1.165, 1.54) is 0 Å². The van der Waals surface area contributed by atoms with Gasteiger partial charge in [0.05, 0.1) is 6.61 Å². The zero-order valence-electron chi connectivity index (χ0n) is 11.7. The SMILES string of the molecule is CC(C)(CN)CNC(=O)c1ccc2c(c1)CCCO2. The molecule has 0 fully saturated rings. The zero-order valence-corrected chi connectivity index (χ0v) is 11.7. The second-order valence-electron chi connectivity index (χ2n) is 5.83. The summed E-state index contributed by atoms with van der Waals surface area (Å²) in [5, 5.41) is 2.94. The summed E-state index contributed by atoms with van der Waals surface area (Å²) in [6.45, 7) is 5.96. The Morgan fingerprint density at radius 1 is 1.47 bits per heavy atom. The summed E-state index contributed by atoms with van der Waals surface area (Å²) >= 11 is 0. The molecule has 0 saturated heterocycles. The zero-order chi connectivity index (χ0) is 13.9. The van der Waals surface area contributed by atoms with Crippen LogP contribution in [0.1, 0.15) is 36.2 Å². The number of fused-ring (bicyclic) bond motifs is 1. The number of nitrogens with two attached hydrogens (primary N) is 1. The Bertz CT molecular complexity index is 469. The van der Waals surface area contributed by atoms with Crippen molar-refractivity contribution in [1.29, 1.82) is 0 Å². The van der Waals surface area contributed by atoms with E-state index in [9.17, 15) is 4.79 Å². The van der Waals surface area contributed by atoms with Crippen LogP contribution in [0.5, 0.6) is 5.75 Å². The molecule has 4 heteroatoms.